The van der Waals surface area contributed by atoms with Crippen LogP contribution in [0.5, 0.6) is 5.75 Å². The van der Waals surface area contributed by atoms with E-state index in [2.05, 4.69) is 10.2 Å². The summed E-state index contributed by atoms with van der Waals surface area (Å²) >= 11 is 1.43. The Labute approximate surface area is 168 Å². The van der Waals surface area contributed by atoms with Gasteiger partial charge in [0.2, 0.25) is 5.91 Å². The van der Waals surface area contributed by atoms with Crippen LogP contribution in [0, 0.1) is 5.82 Å². The summed E-state index contributed by atoms with van der Waals surface area (Å²) < 4.78 is 18.5. The van der Waals surface area contributed by atoms with Gasteiger partial charge in [0.25, 0.3) is 0 Å². The summed E-state index contributed by atoms with van der Waals surface area (Å²) in [6, 6.07) is 13.6. The number of benzene rings is 2. The van der Waals surface area contributed by atoms with Crippen LogP contribution in [0.1, 0.15) is 30.9 Å². The second-order valence-electron chi connectivity index (χ2n) is 6.32. The maximum atomic E-state index is 13.2. The molecule has 0 spiro atoms. The van der Waals surface area contributed by atoms with E-state index in [9.17, 15) is 9.18 Å². The number of amidine groups is 1. The van der Waals surface area contributed by atoms with Gasteiger partial charge in [-0.2, -0.15) is 5.10 Å². The molecule has 28 heavy (non-hydrogen) atoms. The molecule has 1 amide bonds. The molecular weight excluding hydrogens is 377 g/mol. The van der Waals surface area contributed by atoms with Crippen LogP contribution in [0.4, 0.5) is 4.39 Å². The highest BCUT2D eigenvalue weighted by Gasteiger charge is 2.37. The van der Waals surface area contributed by atoms with E-state index in [1.165, 1.54) is 23.9 Å². The van der Waals surface area contributed by atoms with Gasteiger partial charge in [-0.1, -0.05) is 49.4 Å². The lowest BCUT2D eigenvalue weighted by molar-refractivity contribution is -0.126. The molecule has 1 heterocycles. The Morgan fingerprint density at radius 2 is 1.96 bits per heavy atom. The third-order valence-corrected chi connectivity index (χ3v) is 5.54. The van der Waals surface area contributed by atoms with Crippen molar-refractivity contribution in [1.29, 1.82) is 0 Å². The van der Waals surface area contributed by atoms with Gasteiger partial charge in [-0.05, 0) is 36.2 Å². The summed E-state index contributed by atoms with van der Waals surface area (Å²) in [5, 5.41) is 8.87. The van der Waals surface area contributed by atoms with E-state index in [4.69, 9.17) is 4.74 Å². The number of methoxy groups -OCH3 is 1. The van der Waals surface area contributed by atoms with Crippen molar-refractivity contribution in [3.8, 4) is 5.75 Å². The van der Waals surface area contributed by atoms with Crippen molar-refractivity contribution in [2.75, 3.05) is 7.11 Å². The van der Waals surface area contributed by atoms with E-state index in [0.717, 1.165) is 24.0 Å². The van der Waals surface area contributed by atoms with Crippen molar-refractivity contribution in [1.82, 2.24) is 4.90 Å². The van der Waals surface area contributed by atoms with Crippen molar-refractivity contribution < 1.29 is 13.9 Å². The SMILES string of the molecule is CCC[C@@H]1S/C(=N\N=C/c2ccccc2OC)N(Cc2ccc(F)cc2)C1=O. The molecule has 146 valence electrons. The Hall–Kier alpha value is -2.67. The Morgan fingerprint density at radius 3 is 2.68 bits per heavy atom. The maximum absolute atomic E-state index is 13.2. The molecule has 1 aliphatic rings. The molecule has 1 fully saturated rings. The van der Waals surface area contributed by atoms with E-state index in [-0.39, 0.29) is 17.0 Å². The van der Waals surface area contributed by atoms with Crippen LogP contribution < -0.4 is 4.74 Å². The van der Waals surface area contributed by atoms with E-state index in [1.54, 1.807) is 30.4 Å². The van der Waals surface area contributed by atoms with E-state index in [0.29, 0.717) is 17.5 Å². The summed E-state index contributed by atoms with van der Waals surface area (Å²) in [4.78, 5) is 14.4. The first-order valence-electron chi connectivity index (χ1n) is 9.09. The van der Waals surface area contributed by atoms with Crippen molar-refractivity contribution in [3.05, 3.63) is 65.5 Å². The van der Waals surface area contributed by atoms with Gasteiger partial charge in [-0.15, -0.1) is 5.10 Å². The summed E-state index contributed by atoms with van der Waals surface area (Å²) in [6.45, 7) is 2.39. The topological polar surface area (TPSA) is 54.3 Å². The number of carbonyl (C=O) groups is 1. The van der Waals surface area contributed by atoms with Gasteiger partial charge in [-0.3, -0.25) is 9.69 Å². The molecular formula is C21H22FN3O2S. The number of thioether (sulfide) groups is 1. The monoisotopic (exact) mass is 399 g/mol. The van der Waals surface area contributed by atoms with Gasteiger partial charge in [0, 0.05) is 5.56 Å². The van der Waals surface area contributed by atoms with Gasteiger partial charge in [0.05, 0.1) is 25.1 Å². The van der Waals surface area contributed by atoms with Crippen LogP contribution in [0.15, 0.2) is 58.7 Å². The summed E-state index contributed by atoms with van der Waals surface area (Å²) in [5.41, 5.74) is 1.65. The first-order valence-corrected chi connectivity index (χ1v) is 9.97. The molecule has 0 bridgehead atoms. The Balaban J connectivity index is 1.82. The van der Waals surface area contributed by atoms with Gasteiger partial charge < -0.3 is 4.74 Å². The number of hydrogen-bond donors (Lipinski definition) is 0. The van der Waals surface area contributed by atoms with Crippen molar-refractivity contribution in [3.63, 3.8) is 0 Å². The quantitative estimate of drug-likeness (QED) is 0.510. The van der Waals surface area contributed by atoms with Gasteiger partial charge in [0.15, 0.2) is 5.17 Å². The molecule has 3 rings (SSSR count). The molecule has 0 aliphatic carbocycles. The summed E-state index contributed by atoms with van der Waals surface area (Å²) in [6.07, 6.45) is 3.30. The lowest BCUT2D eigenvalue weighted by Gasteiger charge is -2.15. The fourth-order valence-electron chi connectivity index (χ4n) is 2.86. The first kappa shape index (κ1) is 20.1. The number of carbonyl (C=O) groups excluding carboxylic acids is 1. The third kappa shape index (κ3) is 4.78. The standard InChI is InChI=1S/C21H22FN3O2S/c1-3-6-19-20(26)25(14-15-9-11-17(22)12-10-15)21(28-19)24-23-13-16-7-4-5-8-18(16)27-2/h4-5,7-13,19H,3,6,14H2,1-2H3/b23-13-,24-21-/t19-/m0/s1. The second-order valence-corrected chi connectivity index (χ2v) is 7.48. The van der Waals surface area contributed by atoms with Crippen molar-refractivity contribution >= 4 is 29.1 Å². The minimum absolute atomic E-state index is 0.0161. The minimum atomic E-state index is -0.301. The van der Waals surface area contributed by atoms with E-state index >= 15 is 0 Å². The van der Waals surface area contributed by atoms with Crippen LogP contribution in [0.25, 0.3) is 0 Å². The number of nitrogens with zero attached hydrogens (tertiary/aromatic N) is 3. The van der Waals surface area contributed by atoms with Crippen LogP contribution >= 0.6 is 11.8 Å². The van der Waals surface area contributed by atoms with Crippen LogP contribution in [0.3, 0.4) is 0 Å². The van der Waals surface area contributed by atoms with E-state index < -0.39 is 0 Å². The molecule has 5 nitrogen and oxygen atoms in total. The first-order chi connectivity index (χ1) is 13.6. The fourth-order valence-corrected chi connectivity index (χ4v) is 4.08. The number of halogens is 1. The number of hydrogen-bond acceptors (Lipinski definition) is 5. The van der Waals surface area contributed by atoms with Gasteiger partial charge in [0.1, 0.15) is 11.6 Å². The fraction of sp³-hybridized carbons (Fsp3) is 0.286. The maximum Gasteiger partial charge on any atom is 0.242 e. The highest BCUT2D eigenvalue weighted by Crippen LogP contribution is 2.31. The molecule has 1 saturated heterocycles. The Bertz CT molecular complexity index is 883. The third-order valence-electron chi connectivity index (χ3n) is 4.30. The predicted octanol–water partition coefficient (Wildman–Crippen LogP) is 4.47. The number of rotatable bonds is 7. The van der Waals surface area contributed by atoms with Crippen LogP contribution in [0.2, 0.25) is 0 Å². The van der Waals surface area contributed by atoms with Gasteiger partial charge in [-0.25, -0.2) is 4.39 Å². The average molecular weight is 399 g/mol. The average Bonchev–Trinajstić information content (AvgIpc) is 2.99. The van der Waals surface area contributed by atoms with E-state index in [1.807, 2.05) is 31.2 Å². The minimum Gasteiger partial charge on any atom is -0.496 e. The van der Waals surface area contributed by atoms with Crippen LogP contribution in [-0.4, -0.2) is 34.5 Å². The highest BCUT2D eigenvalue weighted by atomic mass is 32.2. The molecule has 0 unspecified atom stereocenters. The lowest BCUT2D eigenvalue weighted by atomic mass is 10.2. The zero-order chi connectivity index (χ0) is 19.9. The molecule has 0 N–H and O–H groups in total. The zero-order valence-electron chi connectivity index (χ0n) is 15.8. The normalized spacial score (nSPS) is 18.4. The van der Waals surface area contributed by atoms with Crippen molar-refractivity contribution in [2.24, 2.45) is 10.2 Å². The van der Waals surface area contributed by atoms with Crippen molar-refractivity contribution in [2.45, 2.75) is 31.6 Å². The van der Waals surface area contributed by atoms with Crippen LogP contribution in [-0.2, 0) is 11.3 Å². The molecule has 0 radical (unpaired) electrons. The number of ether oxygens (including phenoxy) is 1. The van der Waals surface area contributed by atoms with Gasteiger partial charge >= 0.3 is 0 Å². The Morgan fingerprint density at radius 1 is 1.21 bits per heavy atom. The molecule has 1 atom stereocenters. The molecule has 2 aromatic carbocycles. The highest BCUT2D eigenvalue weighted by molar-refractivity contribution is 8.15. The smallest absolute Gasteiger partial charge is 0.242 e. The molecule has 7 heteroatoms. The predicted molar refractivity (Wildman–Crippen MR) is 111 cm³/mol. The molecule has 0 saturated carbocycles. The Kier molecular flexibility index (Phi) is 6.81. The number of amides is 1. The number of para-hydroxylation sites is 1. The largest absolute Gasteiger partial charge is 0.496 e. The molecule has 0 aromatic heterocycles. The lowest BCUT2D eigenvalue weighted by Crippen LogP contribution is -2.31. The zero-order valence-corrected chi connectivity index (χ0v) is 16.7. The second kappa shape index (κ2) is 9.50. The summed E-state index contributed by atoms with van der Waals surface area (Å²) in [7, 11) is 1.60. The summed E-state index contributed by atoms with van der Waals surface area (Å²) in [5.74, 6) is 0.418. The molecule has 1 aliphatic heterocycles. The molecule has 2 aromatic rings.